The van der Waals surface area contributed by atoms with E-state index in [1.165, 1.54) is 18.3 Å². The maximum atomic E-state index is 12.1. The van der Waals surface area contributed by atoms with E-state index in [0.29, 0.717) is 35.9 Å². The molecule has 0 aliphatic carbocycles. The zero-order valence-corrected chi connectivity index (χ0v) is 21.4. The first-order valence-electron chi connectivity index (χ1n) is 9.34. The number of halogens is 4. The average Bonchev–Trinajstić information content (AvgIpc) is 2.74. The van der Waals surface area contributed by atoms with Gasteiger partial charge in [0.05, 0.1) is 26.5 Å². The van der Waals surface area contributed by atoms with Crippen LogP contribution in [0.4, 0.5) is 5.69 Å². The van der Waals surface area contributed by atoms with Crippen molar-refractivity contribution in [3.05, 3.63) is 100 Å². The highest BCUT2D eigenvalue weighted by Gasteiger charge is 2.15. The lowest BCUT2D eigenvalue weighted by molar-refractivity contribution is -0.385. The van der Waals surface area contributed by atoms with Crippen LogP contribution in [0, 0.1) is 10.1 Å². The number of nitrogens with one attached hydrogen (secondary N) is 1. The molecule has 0 aromatic heterocycles. The molecule has 3 aromatic carbocycles. The number of benzene rings is 3. The van der Waals surface area contributed by atoms with Gasteiger partial charge >= 0.3 is 0 Å². The highest BCUT2D eigenvalue weighted by atomic mass is 79.9. The van der Waals surface area contributed by atoms with Crippen LogP contribution in [0.15, 0.2) is 68.6 Å². The van der Waals surface area contributed by atoms with E-state index in [4.69, 9.17) is 27.9 Å². The van der Waals surface area contributed by atoms with E-state index >= 15 is 0 Å². The van der Waals surface area contributed by atoms with Gasteiger partial charge in [-0.2, -0.15) is 5.10 Å². The van der Waals surface area contributed by atoms with Crippen molar-refractivity contribution in [3.8, 4) is 5.75 Å². The second kappa shape index (κ2) is 11.6. The molecular formula is C22H15Br2Cl2N3O4. The summed E-state index contributed by atoms with van der Waals surface area (Å²) < 4.78 is 7.20. The molecule has 0 saturated carbocycles. The van der Waals surface area contributed by atoms with E-state index in [9.17, 15) is 14.9 Å². The fourth-order valence-corrected chi connectivity index (χ4v) is 4.72. The van der Waals surface area contributed by atoms with Crippen LogP contribution < -0.4 is 10.2 Å². The van der Waals surface area contributed by atoms with Gasteiger partial charge in [0, 0.05) is 27.2 Å². The number of nitro benzene ring substituents is 1. The molecule has 0 heterocycles. The molecule has 170 valence electrons. The summed E-state index contributed by atoms with van der Waals surface area (Å²) in [5.74, 6) is 0.0945. The highest BCUT2D eigenvalue weighted by molar-refractivity contribution is 9.11. The monoisotopic (exact) mass is 613 g/mol. The molecule has 1 amide bonds. The standard InChI is InChI=1S/C22H15Br2Cl2N3O4/c23-17-7-13(8-18(24)22(17)33-12-15-5-6-16(25)10-19(15)26)11-27-28-21(30)9-14-3-1-2-4-20(14)29(31)32/h1-8,10-11H,9,12H2,(H,28,30)/b27-11+. The van der Waals surface area contributed by atoms with Gasteiger partial charge in [-0.3, -0.25) is 14.9 Å². The quantitative estimate of drug-likeness (QED) is 0.173. The van der Waals surface area contributed by atoms with Gasteiger partial charge in [0.15, 0.2) is 0 Å². The Morgan fingerprint density at radius 3 is 2.45 bits per heavy atom. The predicted molar refractivity (Wildman–Crippen MR) is 135 cm³/mol. The molecule has 0 unspecified atom stereocenters. The summed E-state index contributed by atoms with van der Waals surface area (Å²) in [6.07, 6.45) is 1.29. The Labute approximate surface area is 216 Å². The van der Waals surface area contributed by atoms with Crippen LogP contribution in [-0.4, -0.2) is 17.0 Å². The zero-order chi connectivity index (χ0) is 24.0. The maximum absolute atomic E-state index is 12.1. The van der Waals surface area contributed by atoms with Crippen LogP contribution in [0.25, 0.3) is 0 Å². The van der Waals surface area contributed by atoms with Gasteiger partial charge in [-0.05, 0) is 61.7 Å². The van der Waals surface area contributed by atoms with Crippen molar-refractivity contribution in [2.24, 2.45) is 5.10 Å². The first-order valence-corrected chi connectivity index (χ1v) is 11.7. The Balaban J connectivity index is 1.62. The molecular weight excluding hydrogens is 601 g/mol. The molecule has 1 N–H and O–H groups in total. The predicted octanol–water partition coefficient (Wildman–Crippen LogP) is 6.70. The molecule has 11 heteroatoms. The summed E-state index contributed by atoms with van der Waals surface area (Å²) in [5, 5.41) is 16.0. The second-order valence-electron chi connectivity index (χ2n) is 6.69. The lowest BCUT2D eigenvalue weighted by Crippen LogP contribution is -2.20. The number of amides is 1. The number of carbonyl (C=O) groups excluding carboxylic acids is 1. The first kappa shape index (κ1) is 25.2. The Kier molecular flexibility index (Phi) is 8.85. The summed E-state index contributed by atoms with van der Waals surface area (Å²) in [6, 6.07) is 14.8. The molecule has 0 bridgehead atoms. The van der Waals surface area contributed by atoms with Gasteiger partial charge in [-0.1, -0.05) is 47.5 Å². The number of nitrogens with zero attached hydrogens (tertiary/aromatic N) is 2. The van der Waals surface area contributed by atoms with E-state index in [0.717, 1.165) is 5.56 Å². The zero-order valence-electron chi connectivity index (χ0n) is 16.7. The summed E-state index contributed by atoms with van der Waals surface area (Å²) in [4.78, 5) is 22.7. The number of nitro groups is 1. The number of hydrogen-bond acceptors (Lipinski definition) is 5. The van der Waals surface area contributed by atoms with Crippen molar-refractivity contribution < 1.29 is 14.5 Å². The van der Waals surface area contributed by atoms with Crippen LogP contribution in [0.5, 0.6) is 5.75 Å². The molecule has 0 saturated heterocycles. The highest BCUT2D eigenvalue weighted by Crippen LogP contribution is 2.35. The number of ether oxygens (including phenoxy) is 1. The SMILES string of the molecule is O=C(Cc1ccccc1[N+](=O)[O-])N/N=C/c1cc(Br)c(OCc2ccc(Cl)cc2Cl)c(Br)c1. The molecule has 33 heavy (non-hydrogen) atoms. The minimum absolute atomic E-state index is 0.111. The van der Waals surface area contributed by atoms with E-state index in [-0.39, 0.29) is 18.7 Å². The Bertz CT molecular complexity index is 1220. The van der Waals surface area contributed by atoms with Crippen molar-refractivity contribution in [2.45, 2.75) is 13.0 Å². The van der Waals surface area contributed by atoms with Crippen LogP contribution in [0.2, 0.25) is 10.0 Å². The fraction of sp³-hybridized carbons (Fsp3) is 0.0909. The molecule has 7 nitrogen and oxygen atoms in total. The first-order chi connectivity index (χ1) is 15.7. The van der Waals surface area contributed by atoms with E-state index in [1.54, 1.807) is 42.5 Å². The third-order valence-electron chi connectivity index (χ3n) is 4.35. The molecule has 3 aromatic rings. The Morgan fingerprint density at radius 2 is 1.79 bits per heavy atom. The van der Waals surface area contributed by atoms with Gasteiger partial charge in [0.25, 0.3) is 5.69 Å². The fourth-order valence-electron chi connectivity index (χ4n) is 2.81. The van der Waals surface area contributed by atoms with Gasteiger partial charge in [-0.25, -0.2) is 5.43 Å². The summed E-state index contributed by atoms with van der Waals surface area (Å²) >= 11 is 19.0. The van der Waals surface area contributed by atoms with E-state index in [1.807, 2.05) is 0 Å². The molecule has 0 aliphatic heterocycles. The minimum atomic E-state index is -0.522. The topological polar surface area (TPSA) is 93.8 Å². The minimum Gasteiger partial charge on any atom is -0.486 e. The number of hydrazone groups is 1. The number of para-hydroxylation sites is 1. The van der Waals surface area contributed by atoms with Gasteiger partial charge in [-0.15, -0.1) is 0 Å². The Morgan fingerprint density at radius 1 is 1.09 bits per heavy atom. The third-order valence-corrected chi connectivity index (χ3v) is 6.11. The molecule has 0 aliphatic rings. The molecule has 0 atom stereocenters. The lowest BCUT2D eigenvalue weighted by Gasteiger charge is -2.12. The average molecular weight is 616 g/mol. The maximum Gasteiger partial charge on any atom is 0.273 e. The smallest absolute Gasteiger partial charge is 0.273 e. The van der Waals surface area contributed by atoms with E-state index in [2.05, 4.69) is 42.4 Å². The normalized spacial score (nSPS) is 10.9. The van der Waals surface area contributed by atoms with Gasteiger partial charge < -0.3 is 4.74 Å². The molecule has 0 fully saturated rings. The van der Waals surface area contributed by atoms with Crippen molar-refractivity contribution in [2.75, 3.05) is 0 Å². The Hall–Kier alpha value is -2.46. The van der Waals surface area contributed by atoms with Crippen molar-refractivity contribution in [1.29, 1.82) is 0 Å². The largest absolute Gasteiger partial charge is 0.486 e. The number of rotatable bonds is 8. The van der Waals surface area contributed by atoms with Crippen LogP contribution in [0.3, 0.4) is 0 Å². The summed E-state index contributed by atoms with van der Waals surface area (Å²) in [7, 11) is 0. The van der Waals surface area contributed by atoms with Crippen LogP contribution in [-0.2, 0) is 17.8 Å². The lowest BCUT2D eigenvalue weighted by atomic mass is 10.1. The second-order valence-corrected chi connectivity index (χ2v) is 9.25. The molecule has 3 rings (SSSR count). The van der Waals surface area contributed by atoms with Crippen molar-refractivity contribution >= 4 is 72.9 Å². The van der Waals surface area contributed by atoms with E-state index < -0.39 is 10.8 Å². The van der Waals surface area contributed by atoms with Crippen molar-refractivity contribution in [1.82, 2.24) is 5.43 Å². The van der Waals surface area contributed by atoms with Gasteiger partial charge in [0.1, 0.15) is 12.4 Å². The number of carbonyl (C=O) groups is 1. The van der Waals surface area contributed by atoms with Crippen LogP contribution in [0.1, 0.15) is 16.7 Å². The van der Waals surface area contributed by atoms with Gasteiger partial charge in [0.2, 0.25) is 5.91 Å². The summed E-state index contributed by atoms with van der Waals surface area (Å²) in [6.45, 7) is 0.238. The third kappa shape index (κ3) is 7.01. The van der Waals surface area contributed by atoms with Crippen molar-refractivity contribution in [3.63, 3.8) is 0 Å². The molecule has 0 spiro atoms. The number of hydrogen-bond donors (Lipinski definition) is 1. The summed E-state index contributed by atoms with van der Waals surface area (Å²) in [5.41, 5.74) is 4.04. The molecule has 0 radical (unpaired) electrons. The van der Waals surface area contributed by atoms with Crippen LogP contribution >= 0.6 is 55.1 Å².